The number of hydrogen-bond donors (Lipinski definition) is 3. The van der Waals surface area contributed by atoms with E-state index in [0.29, 0.717) is 18.0 Å². The van der Waals surface area contributed by atoms with E-state index >= 15 is 0 Å². The van der Waals surface area contributed by atoms with Crippen LogP contribution in [0.25, 0.3) is 0 Å². The maximum Gasteiger partial charge on any atom is 0.407 e. The highest BCUT2D eigenvalue weighted by Gasteiger charge is 2.17. The molecule has 3 N–H and O–H groups in total. The van der Waals surface area contributed by atoms with Crippen LogP contribution < -0.4 is 16.2 Å². The zero-order valence-electron chi connectivity index (χ0n) is 14.1. The summed E-state index contributed by atoms with van der Waals surface area (Å²) in [7, 11) is 0. The third-order valence-corrected chi connectivity index (χ3v) is 3.16. The number of alkyl carbamates (subject to hydrolysis) is 1. The zero-order chi connectivity index (χ0) is 17.4. The molecule has 0 fully saturated rings. The number of hydrogen-bond acceptors (Lipinski definition) is 4. The van der Waals surface area contributed by atoms with E-state index < -0.39 is 17.6 Å². The van der Waals surface area contributed by atoms with E-state index in [4.69, 9.17) is 4.74 Å². The highest BCUT2D eigenvalue weighted by molar-refractivity contribution is 5.93. The van der Waals surface area contributed by atoms with Gasteiger partial charge in [-0.05, 0) is 38.3 Å². The van der Waals surface area contributed by atoms with Crippen molar-refractivity contribution in [3.63, 3.8) is 0 Å². The molecule has 0 spiro atoms. The van der Waals surface area contributed by atoms with Gasteiger partial charge in [0.25, 0.3) is 11.5 Å². The van der Waals surface area contributed by atoms with Crippen LogP contribution in [0, 0.1) is 12.8 Å². The maximum absolute atomic E-state index is 12.1. The molecule has 1 heterocycles. The summed E-state index contributed by atoms with van der Waals surface area (Å²) in [5.41, 5.74) is 0.310. The predicted molar refractivity (Wildman–Crippen MR) is 87.5 cm³/mol. The summed E-state index contributed by atoms with van der Waals surface area (Å²) >= 11 is 0. The Bertz CT molecular complexity index is 595. The summed E-state index contributed by atoms with van der Waals surface area (Å²) in [5.74, 6) is -0.132. The van der Waals surface area contributed by atoms with Crippen molar-refractivity contribution in [3.05, 3.63) is 33.7 Å². The molecule has 0 radical (unpaired) electrons. The third kappa shape index (κ3) is 6.54. The third-order valence-electron chi connectivity index (χ3n) is 3.16. The smallest absolute Gasteiger partial charge is 0.407 e. The summed E-state index contributed by atoms with van der Waals surface area (Å²) in [5, 5.41) is 5.40. The fraction of sp³-hybridized carbons (Fsp3) is 0.562. The van der Waals surface area contributed by atoms with Crippen LogP contribution in [0.3, 0.4) is 0 Å². The van der Waals surface area contributed by atoms with E-state index in [2.05, 4.69) is 15.6 Å². The van der Waals surface area contributed by atoms with Crippen molar-refractivity contribution < 1.29 is 14.3 Å². The van der Waals surface area contributed by atoms with E-state index in [1.165, 1.54) is 6.07 Å². The largest absolute Gasteiger partial charge is 0.450 e. The molecule has 7 heteroatoms. The van der Waals surface area contributed by atoms with E-state index in [0.717, 1.165) is 0 Å². The van der Waals surface area contributed by atoms with E-state index in [-0.39, 0.29) is 24.8 Å². The number of pyridine rings is 1. The second-order valence-corrected chi connectivity index (χ2v) is 5.79. The SMILES string of the molecule is CCOC(=O)NC(CNC(=O)c1ccc(C)[nH]c1=O)CC(C)C. The molecule has 0 saturated carbocycles. The molecular weight excluding hydrogens is 298 g/mol. The van der Waals surface area contributed by atoms with Crippen LogP contribution in [0.5, 0.6) is 0 Å². The Morgan fingerprint density at radius 2 is 2.00 bits per heavy atom. The first-order valence-corrected chi connectivity index (χ1v) is 7.74. The molecule has 0 aliphatic carbocycles. The number of rotatable bonds is 7. The number of ether oxygens (including phenoxy) is 1. The van der Waals surface area contributed by atoms with Gasteiger partial charge in [-0.2, -0.15) is 0 Å². The number of carbonyl (C=O) groups is 2. The lowest BCUT2D eigenvalue weighted by Gasteiger charge is -2.20. The van der Waals surface area contributed by atoms with Gasteiger partial charge in [0.15, 0.2) is 0 Å². The van der Waals surface area contributed by atoms with Crippen LogP contribution in [-0.4, -0.2) is 36.2 Å². The molecule has 1 rings (SSSR count). The molecule has 23 heavy (non-hydrogen) atoms. The van der Waals surface area contributed by atoms with Crippen molar-refractivity contribution >= 4 is 12.0 Å². The molecule has 1 aromatic rings. The normalized spacial score (nSPS) is 11.9. The Labute approximate surface area is 135 Å². The van der Waals surface area contributed by atoms with Crippen molar-refractivity contribution in [1.29, 1.82) is 0 Å². The summed E-state index contributed by atoms with van der Waals surface area (Å²) in [6.45, 7) is 8.01. The van der Waals surface area contributed by atoms with Crippen LogP contribution in [0.2, 0.25) is 0 Å². The Kier molecular flexibility index (Phi) is 7.31. The number of carbonyl (C=O) groups excluding carboxylic acids is 2. The average molecular weight is 323 g/mol. The first kappa shape index (κ1) is 18.7. The van der Waals surface area contributed by atoms with Gasteiger partial charge >= 0.3 is 6.09 Å². The highest BCUT2D eigenvalue weighted by Crippen LogP contribution is 2.05. The van der Waals surface area contributed by atoms with E-state index in [1.807, 2.05) is 13.8 Å². The number of aromatic amines is 1. The van der Waals surface area contributed by atoms with E-state index in [9.17, 15) is 14.4 Å². The lowest BCUT2D eigenvalue weighted by atomic mass is 10.0. The fourth-order valence-electron chi connectivity index (χ4n) is 2.16. The highest BCUT2D eigenvalue weighted by atomic mass is 16.5. The van der Waals surface area contributed by atoms with Gasteiger partial charge in [0.2, 0.25) is 0 Å². The van der Waals surface area contributed by atoms with Crippen molar-refractivity contribution in [1.82, 2.24) is 15.6 Å². The van der Waals surface area contributed by atoms with Crippen LogP contribution in [-0.2, 0) is 4.74 Å². The van der Waals surface area contributed by atoms with Crippen LogP contribution in [0.1, 0.15) is 43.2 Å². The van der Waals surface area contributed by atoms with Gasteiger partial charge in [0, 0.05) is 18.3 Å². The molecule has 0 saturated heterocycles. The van der Waals surface area contributed by atoms with Gasteiger partial charge in [-0.3, -0.25) is 9.59 Å². The molecule has 1 atom stereocenters. The van der Waals surface area contributed by atoms with Gasteiger partial charge < -0.3 is 20.4 Å². The summed E-state index contributed by atoms with van der Waals surface area (Å²) in [6, 6.07) is 2.89. The lowest BCUT2D eigenvalue weighted by Crippen LogP contribution is -2.45. The van der Waals surface area contributed by atoms with Crippen molar-refractivity contribution in [2.75, 3.05) is 13.2 Å². The molecule has 0 aliphatic rings. The molecule has 0 aromatic carbocycles. The monoisotopic (exact) mass is 323 g/mol. The van der Waals surface area contributed by atoms with Gasteiger partial charge in [-0.15, -0.1) is 0 Å². The Balaban J connectivity index is 2.67. The molecule has 0 aliphatic heterocycles. The number of aryl methyl sites for hydroxylation is 1. The quantitative estimate of drug-likeness (QED) is 0.709. The van der Waals surface area contributed by atoms with Crippen LogP contribution in [0.4, 0.5) is 4.79 Å². The molecule has 2 amide bonds. The summed E-state index contributed by atoms with van der Waals surface area (Å²) in [6.07, 6.45) is 0.171. The van der Waals surface area contributed by atoms with Crippen molar-refractivity contribution in [2.24, 2.45) is 5.92 Å². The average Bonchev–Trinajstić information content (AvgIpc) is 2.44. The maximum atomic E-state index is 12.1. The Morgan fingerprint density at radius 3 is 2.57 bits per heavy atom. The first-order valence-electron chi connectivity index (χ1n) is 7.74. The number of H-pyrrole nitrogens is 1. The van der Waals surface area contributed by atoms with Gasteiger partial charge in [-0.1, -0.05) is 13.8 Å². The minimum absolute atomic E-state index is 0.0510. The van der Waals surface area contributed by atoms with Crippen LogP contribution >= 0.6 is 0 Å². The number of aromatic nitrogens is 1. The summed E-state index contributed by atoms with van der Waals surface area (Å²) < 4.78 is 4.86. The topological polar surface area (TPSA) is 100 Å². The second kappa shape index (κ2) is 8.97. The molecule has 7 nitrogen and oxygen atoms in total. The molecule has 0 bridgehead atoms. The molecule has 1 aromatic heterocycles. The predicted octanol–water partition coefficient (Wildman–Crippen LogP) is 1.57. The van der Waals surface area contributed by atoms with Crippen LogP contribution in [0.15, 0.2) is 16.9 Å². The standard InChI is InChI=1S/C16H25N3O4/c1-5-23-16(22)19-12(8-10(2)3)9-17-14(20)13-7-6-11(4)18-15(13)21/h6-7,10,12H,5,8-9H2,1-4H3,(H,17,20)(H,18,21)(H,19,22). The lowest BCUT2D eigenvalue weighted by molar-refractivity contribution is 0.0943. The zero-order valence-corrected chi connectivity index (χ0v) is 14.1. The first-order chi connectivity index (χ1) is 10.8. The second-order valence-electron chi connectivity index (χ2n) is 5.79. The van der Waals surface area contributed by atoms with E-state index in [1.54, 1.807) is 19.9 Å². The Hall–Kier alpha value is -2.31. The molecule has 128 valence electrons. The minimum Gasteiger partial charge on any atom is -0.450 e. The molecular formula is C16H25N3O4. The van der Waals surface area contributed by atoms with Crippen molar-refractivity contribution in [2.45, 2.75) is 40.2 Å². The van der Waals surface area contributed by atoms with Crippen molar-refractivity contribution in [3.8, 4) is 0 Å². The van der Waals surface area contributed by atoms with Gasteiger partial charge in [0.1, 0.15) is 5.56 Å². The minimum atomic E-state index is -0.513. The molecule has 1 unspecified atom stereocenters. The fourth-order valence-corrected chi connectivity index (χ4v) is 2.16. The summed E-state index contributed by atoms with van der Waals surface area (Å²) in [4.78, 5) is 38.0. The number of amides is 2. The van der Waals surface area contributed by atoms with Gasteiger partial charge in [0.05, 0.1) is 6.61 Å². The van der Waals surface area contributed by atoms with Gasteiger partial charge in [-0.25, -0.2) is 4.79 Å². The number of nitrogens with one attached hydrogen (secondary N) is 3. The Morgan fingerprint density at radius 1 is 1.30 bits per heavy atom.